The molecule has 0 unspecified atom stereocenters. The number of rotatable bonds is 8. The highest BCUT2D eigenvalue weighted by molar-refractivity contribution is 14.0. The Hall–Kier alpha value is -2.36. The first kappa shape index (κ1) is 22.9. The Balaban J connectivity index is 0.00000300. The quantitative estimate of drug-likeness (QED) is 0.277. The number of aromatic nitrogens is 3. The number of aliphatic imine (C=N–C) groups is 1. The Kier molecular flexibility index (Phi) is 9.17. The minimum Gasteiger partial charge on any atom is -0.361 e. The van der Waals surface area contributed by atoms with Crippen LogP contribution in [0.15, 0.2) is 52.2 Å². The second kappa shape index (κ2) is 11.6. The van der Waals surface area contributed by atoms with Gasteiger partial charge in [-0.15, -0.1) is 24.0 Å². The number of benzene rings is 1. The number of nitrogens with one attached hydrogen (secondary N) is 2. The van der Waals surface area contributed by atoms with E-state index in [2.05, 4.69) is 45.9 Å². The predicted molar refractivity (Wildman–Crippen MR) is 126 cm³/mol. The maximum Gasteiger partial charge on any atom is 0.191 e. The molecule has 0 aliphatic heterocycles. The molecule has 0 atom stereocenters. The van der Waals surface area contributed by atoms with Crippen molar-refractivity contribution in [3.8, 4) is 5.69 Å². The van der Waals surface area contributed by atoms with Crippen molar-refractivity contribution in [2.24, 2.45) is 4.99 Å². The highest BCUT2D eigenvalue weighted by atomic mass is 127. The van der Waals surface area contributed by atoms with Gasteiger partial charge >= 0.3 is 0 Å². The van der Waals surface area contributed by atoms with Gasteiger partial charge in [0.25, 0.3) is 0 Å². The van der Waals surface area contributed by atoms with Crippen molar-refractivity contribution in [2.75, 3.05) is 13.6 Å². The molecule has 3 rings (SSSR count). The minimum absolute atomic E-state index is 0. The Morgan fingerprint density at radius 3 is 2.62 bits per heavy atom. The van der Waals surface area contributed by atoms with Crippen LogP contribution in [-0.4, -0.2) is 34.5 Å². The van der Waals surface area contributed by atoms with Crippen LogP contribution in [0, 0.1) is 0 Å². The van der Waals surface area contributed by atoms with Crippen molar-refractivity contribution in [3.05, 3.63) is 65.3 Å². The van der Waals surface area contributed by atoms with Gasteiger partial charge in [-0.1, -0.05) is 37.2 Å². The van der Waals surface area contributed by atoms with Crippen LogP contribution in [-0.2, 0) is 25.8 Å². The normalized spacial score (nSPS) is 11.2. The molecule has 156 valence electrons. The van der Waals surface area contributed by atoms with Crippen LogP contribution in [0.1, 0.15) is 36.4 Å². The number of para-hydroxylation sites is 1. The average molecular weight is 508 g/mol. The second-order valence-electron chi connectivity index (χ2n) is 6.47. The first-order valence-electron chi connectivity index (χ1n) is 9.74. The molecule has 8 heteroatoms. The van der Waals surface area contributed by atoms with Gasteiger partial charge in [0.15, 0.2) is 5.96 Å². The Labute approximate surface area is 189 Å². The van der Waals surface area contributed by atoms with E-state index in [-0.39, 0.29) is 24.0 Å². The lowest BCUT2D eigenvalue weighted by atomic mass is 10.1. The van der Waals surface area contributed by atoms with Crippen LogP contribution in [0.25, 0.3) is 5.69 Å². The van der Waals surface area contributed by atoms with E-state index in [0.717, 1.165) is 54.5 Å². The van der Waals surface area contributed by atoms with Crippen molar-refractivity contribution < 1.29 is 4.52 Å². The topological polar surface area (TPSA) is 80.3 Å². The van der Waals surface area contributed by atoms with Gasteiger partial charge in [0.05, 0.1) is 17.6 Å². The summed E-state index contributed by atoms with van der Waals surface area (Å²) >= 11 is 0. The third kappa shape index (κ3) is 6.06. The van der Waals surface area contributed by atoms with E-state index in [1.807, 2.05) is 41.2 Å². The summed E-state index contributed by atoms with van der Waals surface area (Å²) in [4.78, 5) is 4.31. The van der Waals surface area contributed by atoms with E-state index in [0.29, 0.717) is 6.54 Å². The van der Waals surface area contributed by atoms with Crippen molar-refractivity contribution >= 4 is 29.9 Å². The molecule has 0 saturated carbocycles. The zero-order valence-electron chi connectivity index (χ0n) is 17.2. The molecule has 2 heterocycles. The molecule has 7 nitrogen and oxygen atoms in total. The zero-order chi connectivity index (χ0) is 19.8. The molecule has 2 N–H and O–H groups in total. The summed E-state index contributed by atoms with van der Waals surface area (Å²) in [6, 6.07) is 10.1. The lowest BCUT2D eigenvalue weighted by molar-refractivity contribution is 0.380. The van der Waals surface area contributed by atoms with Crippen molar-refractivity contribution in [3.63, 3.8) is 0 Å². The fourth-order valence-electron chi connectivity index (χ4n) is 3.07. The molecule has 0 amide bonds. The van der Waals surface area contributed by atoms with Crippen LogP contribution in [0.4, 0.5) is 0 Å². The number of halogens is 1. The smallest absolute Gasteiger partial charge is 0.191 e. The van der Waals surface area contributed by atoms with Crippen molar-refractivity contribution in [1.82, 2.24) is 25.6 Å². The zero-order valence-corrected chi connectivity index (χ0v) is 19.5. The number of hydrogen-bond donors (Lipinski definition) is 2. The van der Waals surface area contributed by atoms with E-state index >= 15 is 0 Å². The second-order valence-corrected chi connectivity index (χ2v) is 6.47. The van der Waals surface area contributed by atoms with Crippen LogP contribution >= 0.6 is 24.0 Å². The number of nitrogens with zero attached hydrogens (tertiary/aromatic N) is 4. The molecular formula is C21H29IN6O. The molecule has 0 saturated heterocycles. The number of aryl methyl sites for hydroxylation is 2. The maximum absolute atomic E-state index is 5.42. The first-order valence-corrected chi connectivity index (χ1v) is 9.74. The number of hydrogen-bond acceptors (Lipinski definition) is 4. The molecule has 0 aliphatic carbocycles. The molecule has 0 fully saturated rings. The highest BCUT2D eigenvalue weighted by Gasteiger charge is 2.13. The summed E-state index contributed by atoms with van der Waals surface area (Å²) in [5.41, 5.74) is 4.38. The summed E-state index contributed by atoms with van der Waals surface area (Å²) in [6.07, 6.45) is 6.52. The molecule has 1 aromatic carbocycles. The maximum atomic E-state index is 5.42. The van der Waals surface area contributed by atoms with Crippen LogP contribution in [0.5, 0.6) is 0 Å². The van der Waals surface area contributed by atoms with Gasteiger partial charge in [-0.3, -0.25) is 4.99 Å². The van der Waals surface area contributed by atoms with E-state index in [4.69, 9.17) is 4.52 Å². The van der Waals surface area contributed by atoms with Gasteiger partial charge in [-0.25, -0.2) is 4.68 Å². The lowest BCUT2D eigenvalue weighted by Crippen LogP contribution is -2.38. The lowest BCUT2D eigenvalue weighted by Gasteiger charge is -2.11. The van der Waals surface area contributed by atoms with Crippen molar-refractivity contribution in [1.29, 1.82) is 0 Å². The molecule has 29 heavy (non-hydrogen) atoms. The summed E-state index contributed by atoms with van der Waals surface area (Å²) in [5, 5.41) is 15.3. The third-order valence-electron chi connectivity index (χ3n) is 4.63. The summed E-state index contributed by atoms with van der Waals surface area (Å²) in [7, 11) is 1.78. The first-order chi connectivity index (χ1) is 13.7. The predicted octanol–water partition coefficient (Wildman–Crippen LogP) is 3.51. The average Bonchev–Trinajstić information content (AvgIpc) is 3.37. The molecule has 0 radical (unpaired) electrons. The molecule has 3 aromatic rings. The summed E-state index contributed by atoms with van der Waals surface area (Å²) in [6.45, 7) is 5.59. The molecular weight excluding hydrogens is 479 g/mol. The molecule has 2 aromatic heterocycles. The standard InChI is InChI=1S/C21H28N6O.HI/c1-4-19-18(20(5-2)28-26-19)14-24-21(22-3)23-12-11-16-13-25-27(15-16)17-9-7-6-8-10-17;/h6-10,13,15H,4-5,11-12,14H2,1-3H3,(H2,22,23,24);1H. The fourth-order valence-corrected chi connectivity index (χ4v) is 3.07. The molecule has 0 spiro atoms. The Morgan fingerprint density at radius 1 is 1.14 bits per heavy atom. The Morgan fingerprint density at radius 2 is 1.93 bits per heavy atom. The number of guanidine groups is 1. The van der Waals surface area contributed by atoms with E-state index in [1.165, 1.54) is 5.56 Å². The van der Waals surface area contributed by atoms with E-state index in [1.54, 1.807) is 7.05 Å². The summed E-state index contributed by atoms with van der Waals surface area (Å²) < 4.78 is 7.32. The monoisotopic (exact) mass is 508 g/mol. The third-order valence-corrected chi connectivity index (χ3v) is 4.63. The van der Waals surface area contributed by atoms with Gasteiger partial charge in [0.1, 0.15) is 5.76 Å². The highest BCUT2D eigenvalue weighted by Crippen LogP contribution is 2.15. The molecule has 0 bridgehead atoms. The van der Waals surface area contributed by atoms with Crippen LogP contribution in [0.3, 0.4) is 0 Å². The van der Waals surface area contributed by atoms with Gasteiger partial charge in [-0.2, -0.15) is 5.10 Å². The van der Waals surface area contributed by atoms with E-state index < -0.39 is 0 Å². The minimum atomic E-state index is 0. The van der Waals surface area contributed by atoms with Gasteiger partial charge in [0.2, 0.25) is 0 Å². The van der Waals surface area contributed by atoms with Crippen LogP contribution < -0.4 is 10.6 Å². The SMILES string of the molecule is CCc1noc(CC)c1CNC(=NC)NCCc1cnn(-c2ccccc2)c1.I. The van der Waals surface area contributed by atoms with E-state index in [9.17, 15) is 0 Å². The van der Waals surface area contributed by atoms with Gasteiger partial charge in [-0.05, 0) is 30.5 Å². The van der Waals surface area contributed by atoms with Crippen molar-refractivity contribution in [2.45, 2.75) is 39.7 Å². The van der Waals surface area contributed by atoms with Gasteiger partial charge in [0, 0.05) is 38.3 Å². The summed E-state index contributed by atoms with van der Waals surface area (Å²) in [5.74, 6) is 1.70. The largest absolute Gasteiger partial charge is 0.361 e. The van der Waals surface area contributed by atoms with Crippen LogP contribution in [0.2, 0.25) is 0 Å². The fraction of sp³-hybridized carbons (Fsp3) is 0.381. The van der Waals surface area contributed by atoms with Gasteiger partial charge < -0.3 is 15.2 Å². The Bertz CT molecular complexity index is 882. The molecule has 0 aliphatic rings.